The van der Waals surface area contributed by atoms with Crippen molar-refractivity contribution in [1.29, 1.82) is 0 Å². The van der Waals surface area contributed by atoms with E-state index in [1.54, 1.807) is 0 Å². The molecule has 0 saturated heterocycles. The smallest absolute Gasteiger partial charge is 0.0361 e. The van der Waals surface area contributed by atoms with Gasteiger partial charge in [0.05, 0.1) is 0 Å². The number of rotatable bonds is 3. The van der Waals surface area contributed by atoms with Crippen molar-refractivity contribution in [3.8, 4) is 44.5 Å². The zero-order chi connectivity index (χ0) is 37.1. The molecule has 0 bridgehead atoms. The third kappa shape index (κ3) is 4.41. The minimum Gasteiger partial charge on any atom is -0.135 e. The molecule has 12 rings (SSSR count). The largest absolute Gasteiger partial charge is 0.135 e. The van der Waals surface area contributed by atoms with E-state index in [0.29, 0.717) is 0 Å². The quantitative estimate of drug-likeness (QED) is 0.159. The lowest BCUT2D eigenvalue weighted by atomic mass is 9.81. The van der Waals surface area contributed by atoms with Crippen molar-refractivity contribution in [1.82, 2.24) is 0 Å². The molecule has 0 N–H and O–H groups in total. The van der Waals surface area contributed by atoms with Crippen molar-refractivity contribution in [3.05, 3.63) is 193 Å². The Morgan fingerprint density at radius 1 is 0.339 bits per heavy atom. The second-order valence-corrected chi connectivity index (χ2v) is 17.0. The molecule has 1 aliphatic rings. The normalized spacial score (nSPS) is 13.3. The summed E-state index contributed by atoms with van der Waals surface area (Å²) >= 11 is 1.90. The van der Waals surface area contributed by atoms with Gasteiger partial charge in [0.1, 0.15) is 0 Å². The highest BCUT2D eigenvalue weighted by Crippen LogP contribution is 2.54. The molecule has 1 heterocycles. The molecule has 0 nitrogen and oxygen atoms in total. The van der Waals surface area contributed by atoms with E-state index >= 15 is 0 Å². The van der Waals surface area contributed by atoms with E-state index in [-0.39, 0.29) is 5.41 Å². The number of hydrogen-bond donors (Lipinski definition) is 0. The second kappa shape index (κ2) is 11.7. The van der Waals surface area contributed by atoms with Gasteiger partial charge in [-0.05, 0) is 123 Å². The van der Waals surface area contributed by atoms with E-state index in [9.17, 15) is 0 Å². The topological polar surface area (TPSA) is 0 Å². The summed E-state index contributed by atoms with van der Waals surface area (Å²) in [4.78, 5) is 0. The summed E-state index contributed by atoms with van der Waals surface area (Å²) in [5, 5.41) is 13.1. The molecular formula is C55H36S. The van der Waals surface area contributed by atoms with Crippen molar-refractivity contribution >= 4 is 74.6 Å². The lowest BCUT2D eigenvalue weighted by Crippen LogP contribution is -2.14. The molecule has 0 atom stereocenters. The Balaban J connectivity index is 1.06. The molecular weight excluding hydrogens is 693 g/mol. The Bertz CT molecular complexity index is 3390. The van der Waals surface area contributed by atoms with Crippen LogP contribution in [-0.4, -0.2) is 0 Å². The molecule has 0 fully saturated rings. The zero-order valence-corrected chi connectivity index (χ0v) is 32.0. The van der Waals surface area contributed by atoms with Crippen LogP contribution in [0.15, 0.2) is 182 Å². The van der Waals surface area contributed by atoms with E-state index in [1.165, 1.54) is 119 Å². The molecule has 1 aromatic heterocycles. The Labute approximate surface area is 329 Å². The summed E-state index contributed by atoms with van der Waals surface area (Å²) in [6.07, 6.45) is 0. The average Bonchev–Trinajstić information content (AvgIpc) is 3.74. The van der Waals surface area contributed by atoms with Gasteiger partial charge in [0.2, 0.25) is 0 Å². The van der Waals surface area contributed by atoms with E-state index in [2.05, 4.69) is 196 Å². The van der Waals surface area contributed by atoms with Gasteiger partial charge in [-0.15, -0.1) is 11.3 Å². The van der Waals surface area contributed by atoms with Crippen LogP contribution in [0.2, 0.25) is 0 Å². The minimum atomic E-state index is -0.0887. The monoisotopic (exact) mass is 728 g/mol. The fourth-order valence-electron chi connectivity index (χ4n) is 10.1. The lowest BCUT2D eigenvalue weighted by molar-refractivity contribution is 0.661. The van der Waals surface area contributed by atoms with Gasteiger partial charge < -0.3 is 0 Å². The Kier molecular flexibility index (Phi) is 6.66. The maximum absolute atomic E-state index is 2.47. The van der Waals surface area contributed by atoms with Crippen molar-refractivity contribution in [3.63, 3.8) is 0 Å². The van der Waals surface area contributed by atoms with Gasteiger partial charge in [-0.25, -0.2) is 0 Å². The molecule has 11 aromatic rings. The van der Waals surface area contributed by atoms with Crippen LogP contribution in [0.3, 0.4) is 0 Å². The van der Waals surface area contributed by atoms with E-state index in [1.807, 2.05) is 11.3 Å². The van der Waals surface area contributed by atoms with Crippen molar-refractivity contribution < 1.29 is 0 Å². The summed E-state index contributed by atoms with van der Waals surface area (Å²) in [5.74, 6) is 0. The van der Waals surface area contributed by atoms with Crippen LogP contribution >= 0.6 is 11.3 Å². The third-order valence-electron chi connectivity index (χ3n) is 12.6. The Morgan fingerprint density at radius 2 is 0.911 bits per heavy atom. The summed E-state index contributed by atoms with van der Waals surface area (Å²) in [7, 11) is 0. The fraction of sp³-hybridized carbons (Fsp3) is 0.0545. The van der Waals surface area contributed by atoms with Crippen LogP contribution in [0, 0.1) is 0 Å². The van der Waals surface area contributed by atoms with Crippen LogP contribution < -0.4 is 0 Å². The first-order valence-corrected chi connectivity index (χ1v) is 20.4. The highest BCUT2D eigenvalue weighted by Gasteiger charge is 2.37. The molecule has 0 unspecified atom stereocenters. The summed E-state index contributed by atoms with van der Waals surface area (Å²) < 4.78 is 2.70. The molecule has 0 radical (unpaired) electrons. The molecule has 0 amide bonds. The zero-order valence-electron chi connectivity index (χ0n) is 31.2. The second-order valence-electron chi connectivity index (χ2n) is 16.0. The van der Waals surface area contributed by atoms with Crippen LogP contribution in [0.25, 0.3) is 108 Å². The van der Waals surface area contributed by atoms with Crippen molar-refractivity contribution in [2.24, 2.45) is 0 Å². The van der Waals surface area contributed by atoms with E-state index < -0.39 is 0 Å². The van der Waals surface area contributed by atoms with Gasteiger partial charge in [0.25, 0.3) is 0 Å². The van der Waals surface area contributed by atoms with Gasteiger partial charge in [-0.3, -0.25) is 0 Å². The Morgan fingerprint density at radius 3 is 1.70 bits per heavy atom. The van der Waals surface area contributed by atoms with Gasteiger partial charge in [0, 0.05) is 25.6 Å². The average molecular weight is 729 g/mol. The first-order chi connectivity index (χ1) is 27.5. The van der Waals surface area contributed by atoms with E-state index in [4.69, 9.17) is 0 Å². The molecule has 0 aliphatic heterocycles. The maximum Gasteiger partial charge on any atom is 0.0361 e. The van der Waals surface area contributed by atoms with Crippen LogP contribution in [0.4, 0.5) is 0 Å². The number of thiophene rings is 1. The standard InChI is InChI=1S/C55H36S/c1-55(2)47-28-25-35(32-46(47)53-43-27-30-50-54(44(43)26-29-48(53)55)45-22-9-10-24-49(45)56-50)34-15-11-16-36(31-34)51-39-18-5-7-20-41(39)52(42-21-8-6-19-40(42)51)38-23-12-14-33-13-3-4-17-37(33)38/h3-32H,1-2H3. The SMILES string of the molecule is CC1(C)c2ccc(-c3cccc(-c4c5ccccc5c(-c5cccc6ccccc56)c5ccccc45)c3)cc2-c2c1ccc1c2ccc2sc3ccccc3c21. The number of fused-ring (bicyclic) bond motifs is 12. The first-order valence-electron chi connectivity index (χ1n) is 19.6. The third-order valence-corrected chi connectivity index (χ3v) is 13.8. The van der Waals surface area contributed by atoms with Gasteiger partial charge >= 0.3 is 0 Å². The number of hydrogen-bond acceptors (Lipinski definition) is 1. The van der Waals surface area contributed by atoms with Gasteiger partial charge in [0.15, 0.2) is 0 Å². The highest BCUT2D eigenvalue weighted by molar-refractivity contribution is 7.26. The maximum atomic E-state index is 2.47. The van der Waals surface area contributed by atoms with Crippen LogP contribution in [0.5, 0.6) is 0 Å². The van der Waals surface area contributed by atoms with Gasteiger partial charge in [-0.2, -0.15) is 0 Å². The minimum absolute atomic E-state index is 0.0887. The highest BCUT2D eigenvalue weighted by atomic mass is 32.1. The number of benzene rings is 10. The first kappa shape index (κ1) is 31.8. The van der Waals surface area contributed by atoms with Gasteiger partial charge in [-0.1, -0.05) is 172 Å². The van der Waals surface area contributed by atoms with Crippen LogP contribution in [-0.2, 0) is 5.41 Å². The molecule has 0 saturated carbocycles. The summed E-state index contributed by atoms with van der Waals surface area (Å²) in [6, 6.07) is 68.3. The molecule has 1 aliphatic carbocycles. The van der Waals surface area contributed by atoms with Crippen molar-refractivity contribution in [2.45, 2.75) is 19.3 Å². The van der Waals surface area contributed by atoms with E-state index in [0.717, 1.165) is 0 Å². The predicted molar refractivity (Wildman–Crippen MR) is 243 cm³/mol. The fourth-order valence-corrected chi connectivity index (χ4v) is 11.2. The molecule has 262 valence electrons. The lowest BCUT2D eigenvalue weighted by Gasteiger charge is -2.22. The van der Waals surface area contributed by atoms with Crippen LogP contribution in [0.1, 0.15) is 25.0 Å². The predicted octanol–water partition coefficient (Wildman–Crippen LogP) is 16.0. The van der Waals surface area contributed by atoms with Crippen molar-refractivity contribution in [2.75, 3.05) is 0 Å². The summed E-state index contributed by atoms with van der Waals surface area (Å²) in [5.41, 5.74) is 13.0. The molecule has 1 heteroatoms. The molecule has 10 aromatic carbocycles. The summed E-state index contributed by atoms with van der Waals surface area (Å²) in [6.45, 7) is 4.78. The molecule has 56 heavy (non-hydrogen) atoms. The Hall–Kier alpha value is -6.54. The molecule has 0 spiro atoms.